The van der Waals surface area contributed by atoms with Crippen molar-refractivity contribution in [2.45, 2.75) is 25.3 Å². The maximum Gasteiger partial charge on any atom is 0.184 e. The lowest BCUT2D eigenvalue weighted by atomic mass is 10.1. The fraction of sp³-hybridized carbons (Fsp3) is 0.700. The van der Waals surface area contributed by atoms with Gasteiger partial charge in [-0.2, -0.15) is 0 Å². The molecular weight excluding hydrogens is 194 g/mol. The molecule has 4 heteroatoms. The maximum absolute atomic E-state index is 4.58. The van der Waals surface area contributed by atoms with Crippen LogP contribution in [0.2, 0.25) is 0 Å². The van der Waals surface area contributed by atoms with Crippen molar-refractivity contribution in [1.82, 2.24) is 10.3 Å². The Hall–Kier alpha value is -0.610. The summed E-state index contributed by atoms with van der Waals surface area (Å²) in [5, 5.41) is 6.78. The lowest BCUT2D eigenvalue weighted by Gasteiger charge is -2.08. The van der Waals surface area contributed by atoms with Gasteiger partial charge in [0, 0.05) is 31.9 Å². The summed E-state index contributed by atoms with van der Waals surface area (Å²) in [6.45, 7) is 1.18. The molecule has 1 atom stereocenters. The lowest BCUT2D eigenvalue weighted by Crippen LogP contribution is -2.23. The van der Waals surface area contributed by atoms with E-state index >= 15 is 0 Å². The van der Waals surface area contributed by atoms with Crippen LogP contribution in [0.15, 0.2) is 5.38 Å². The van der Waals surface area contributed by atoms with Gasteiger partial charge < -0.3 is 10.2 Å². The average molecular weight is 211 g/mol. The van der Waals surface area contributed by atoms with E-state index in [-0.39, 0.29) is 0 Å². The van der Waals surface area contributed by atoms with Crippen molar-refractivity contribution in [3.8, 4) is 0 Å². The molecule has 0 aliphatic carbocycles. The van der Waals surface area contributed by atoms with Gasteiger partial charge in [0.15, 0.2) is 5.13 Å². The molecule has 0 bridgehead atoms. The number of hydrogen-bond donors (Lipinski definition) is 1. The predicted octanol–water partition coefficient (Wildman–Crippen LogP) is 1.50. The van der Waals surface area contributed by atoms with Crippen molar-refractivity contribution < 1.29 is 0 Å². The topological polar surface area (TPSA) is 28.2 Å². The Balaban J connectivity index is 1.95. The van der Waals surface area contributed by atoms with Gasteiger partial charge in [-0.3, -0.25) is 0 Å². The van der Waals surface area contributed by atoms with E-state index in [1.54, 1.807) is 11.3 Å². The summed E-state index contributed by atoms with van der Waals surface area (Å²) in [4.78, 5) is 6.64. The molecule has 0 radical (unpaired) electrons. The largest absolute Gasteiger partial charge is 0.354 e. The van der Waals surface area contributed by atoms with Gasteiger partial charge in [0.05, 0.1) is 5.69 Å². The fourth-order valence-electron chi connectivity index (χ4n) is 1.78. The van der Waals surface area contributed by atoms with Crippen LogP contribution >= 0.6 is 11.3 Å². The van der Waals surface area contributed by atoms with Gasteiger partial charge in [-0.1, -0.05) is 0 Å². The van der Waals surface area contributed by atoms with Gasteiger partial charge in [-0.15, -0.1) is 11.3 Å². The number of anilines is 1. The van der Waals surface area contributed by atoms with Crippen molar-refractivity contribution in [2.24, 2.45) is 0 Å². The van der Waals surface area contributed by atoms with Gasteiger partial charge in [-0.05, 0) is 19.4 Å². The summed E-state index contributed by atoms with van der Waals surface area (Å²) in [6.07, 6.45) is 3.70. The Morgan fingerprint density at radius 3 is 3.07 bits per heavy atom. The van der Waals surface area contributed by atoms with Crippen LogP contribution in [0.3, 0.4) is 0 Å². The smallest absolute Gasteiger partial charge is 0.184 e. The summed E-state index contributed by atoms with van der Waals surface area (Å²) >= 11 is 1.73. The third-order valence-corrected chi connectivity index (χ3v) is 3.60. The van der Waals surface area contributed by atoms with E-state index in [9.17, 15) is 0 Å². The minimum Gasteiger partial charge on any atom is -0.354 e. The Kier molecular flexibility index (Phi) is 3.03. The standard InChI is InChI=1S/C10H17N3S/c1-13(2)10-12-9(7-14-10)6-8-4-3-5-11-8/h7-8,11H,3-6H2,1-2H3. The first-order chi connectivity index (χ1) is 6.75. The molecule has 1 aliphatic rings. The Labute approximate surface area is 89.1 Å². The van der Waals surface area contributed by atoms with E-state index in [4.69, 9.17) is 0 Å². The first-order valence-electron chi connectivity index (χ1n) is 5.11. The van der Waals surface area contributed by atoms with E-state index in [0.29, 0.717) is 6.04 Å². The molecule has 0 aromatic carbocycles. The molecule has 1 fully saturated rings. The zero-order chi connectivity index (χ0) is 9.97. The molecule has 14 heavy (non-hydrogen) atoms. The first-order valence-corrected chi connectivity index (χ1v) is 5.99. The van der Waals surface area contributed by atoms with E-state index in [1.165, 1.54) is 25.1 Å². The molecule has 1 saturated heterocycles. The number of nitrogens with zero attached hydrogens (tertiary/aromatic N) is 2. The van der Waals surface area contributed by atoms with E-state index in [1.807, 2.05) is 14.1 Å². The van der Waals surface area contributed by atoms with Crippen molar-refractivity contribution >= 4 is 16.5 Å². The SMILES string of the molecule is CN(C)c1nc(CC2CCCN2)cs1. The van der Waals surface area contributed by atoms with Crippen molar-refractivity contribution in [1.29, 1.82) is 0 Å². The third-order valence-electron chi connectivity index (χ3n) is 2.54. The van der Waals surface area contributed by atoms with E-state index in [0.717, 1.165) is 11.6 Å². The lowest BCUT2D eigenvalue weighted by molar-refractivity contribution is 0.597. The van der Waals surface area contributed by atoms with E-state index in [2.05, 4.69) is 20.6 Å². The van der Waals surface area contributed by atoms with Crippen LogP contribution in [0, 0.1) is 0 Å². The van der Waals surface area contributed by atoms with Crippen LogP contribution in [0.5, 0.6) is 0 Å². The Bertz CT molecular complexity index is 289. The molecule has 1 unspecified atom stereocenters. The molecule has 1 N–H and O–H groups in total. The first kappa shape index (κ1) is 9.93. The highest BCUT2D eigenvalue weighted by atomic mass is 32.1. The van der Waals surface area contributed by atoms with Crippen molar-refractivity contribution in [2.75, 3.05) is 25.5 Å². The van der Waals surface area contributed by atoms with Crippen molar-refractivity contribution in [3.05, 3.63) is 11.1 Å². The molecule has 78 valence electrons. The number of nitrogens with one attached hydrogen (secondary N) is 1. The predicted molar refractivity (Wildman–Crippen MR) is 61.2 cm³/mol. The molecule has 2 rings (SSSR count). The molecule has 0 amide bonds. The van der Waals surface area contributed by atoms with Crippen LogP contribution in [-0.4, -0.2) is 31.7 Å². The summed E-state index contributed by atoms with van der Waals surface area (Å²) in [7, 11) is 4.08. The van der Waals surface area contributed by atoms with Crippen LogP contribution < -0.4 is 10.2 Å². The average Bonchev–Trinajstić information content (AvgIpc) is 2.75. The number of aromatic nitrogens is 1. The molecule has 0 spiro atoms. The molecule has 1 aromatic heterocycles. The van der Waals surface area contributed by atoms with Crippen LogP contribution in [-0.2, 0) is 6.42 Å². The number of rotatable bonds is 3. The minimum atomic E-state index is 0.659. The summed E-state index contributed by atoms with van der Waals surface area (Å²) in [5.74, 6) is 0. The highest BCUT2D eigenvalue weighted by molar-refractivity contribution is 7.13. The van der Waals surface area contributed by atoms with Gasteiger partial charge in [-0.25, -0.2) is 4.98 Å². The summed E-state index contributed by atoms with van der Waals surface area (Å²) < 4.78 is 0. The number of hydrogen-bond acceptors (Lipinski definition) is 4. The second kappa shape index (κ2) is 4.28. The third kappa shape index (κ3) is 2.25. The van der Waals surface area contributed by atoms with Gasteiger partial charge in [0.2, 0.25) is 0 Å². The van der Waals surface area contributed by atoms with Gasteiger partial charge in [0.1, 0.15) is 0 Å². The molecule has 2 heterocycles. The second-order valence-corrected chi connectivity index (χ2v) is 4.85. The molecule has 0 saturated carbocycles. The fourth-order valence-corrected chi connectivity index (χ4v) is 2.55. The van der Waals surface area contributed by atoms with Crippen LogP contribution in [0.25, 0.3) is 0 Å². The highest BCUT2D eigenvalue weighted by Gasteiger charge is 2.15. The number of thiazole rings is 1. The molecular formula is C10H17N3S. The molecule has 1 aliphatic heterocycles. The van der Waals surface area contributed by atoms with Crippen LogP contribution in [0.4, 0.5) is 5.13 Å². The summed E-state index contributed by atoms with van der Waals surface area (Å²) in [5.41, 5.74) is 1.23. The molecule has 1 aromatic rings. The monoisotopic (exact) mass is 211 g/mol. The normalized spacial score (nSPS) is 21.4. The zero-order valence-electron chi connectivity index (χ0n) is 8.79. The Morgan fingerprint density at radius 1 is 1.64 bits per heavy atom. The highest BCUT2D eigenvalue weighted by Crippen LogP contribution is 2.20. The van der Waals surface area contributed by atoms with Crippen LogP contribution in [0.1, 0.15) is 18.5 Å². The van der Waals surface area contributed by atoms with Crippen molar-refractivity contribution in [3.63, 3.8) is 0 Å². The van der Waals surface area contributed by atoms with Gasteiger partial charge in [0.25, 0.3) is 0 Å². The maximum atomic E-state index is 4.58. The van der Waals surface area contributed by atoms with E-state index < -0.39 is 0 Å². The summed E-state index contributed by atoms with van der Waals surface area (Å²) in [6, 6.07) is 0.659. The van der Waals surface area contributed by atoms with Gasteiger partial charge >= 0.3 is 0 Å². The zero-order valence-corrected chi connectivity index (χ0v) is 9.60. The Morgan fingerprint density at radius 2 is 2.50 bits per heavy atom. The second-order valence-electron chi connectivity index (χ2n) is 4.01. The molecule has 3 nitrogen and oxygen atoms in total. The minimum absolute atomic E-state index is 0.659. The quantitative estimate of drug-likeness (QED) is 0.821.